The maximum Gasteiger partial charge on any atom is 0.251 e. The number of hydrogen-bond donors (Lipinski definition) is 2. The van der Waals surface area contributed by atoms with Gasteiger partial charge in [0.1, 0.15) is 0 Å². The molecule has 6 nitrogen and oxygen atoms in total. The van der Waals surface area contributed by atoms with Gasteiger partial charge in [-0.05, 0) is 74.9 Å². The van der Waals surface area contributed by atoms with E-state index in [4.69, 9.17) is 0 Å². The van der Waals surface area contributed by atoms with Gasteiger partial charge in [-0.2, -0.15) is 0 Å². The molecule has 0 saturated heterocycles. The van der Waals surface area contributed by atoms with E-state index in [-0.39, 0.29) is 11.1 Å². The van der Waals surface area contributed by atoms with Crippen molar-refractivity contribution in [3.05, 3.63) is 77.6 Å². The normalized spacial score (nSPS) is 11.1. The van der Waals surface area contributed by atoms with Gasteiger partial charge in [0.05, 0.1) is 0 Å². The number of thioether (sulfide) groups is 2. The molecule has 0 radical (unpaired) electrons. The zero-order valence-electron chi connectivity index (χ0n) is 18.1. The first kappa shape index (κ1) is 22.4. The van der Waals surface area contributed by atoms with E-state index < -0.39 is 0 Å². The zero-order valence-corrected chi connectivity index (χ0v) is 19.7. The molecule has 158 valence electrons. The second-order valence-electron chi connectivity index (χ2n) is 7.42. The summed E-state index contributed by atoms with van der Waals surface area (Å²) in [5.74, 6) is 1.48. The van der Waals surface area contributed by atoms with Crippen LogP contribution >= 0.6 is 23.5 Å². The van der Waals surface area contributed by atoms with Crippen molar-refractivity contribution >= 4 is 23.5 Å². The molecule has 1 aromatic carbocycles. The standard InChI is InChI=1S/C22H26N4O2S2/c1-11-7-19(27)25-21(23-11)29-9-17-13(3)15(5)18(16(6)14(17)4)10-30-22-24-12(2)8-20(28)26-22/h7-8H,9-10H2,1-6H3,(H,23,25,27)(H,24,26,28). The predicted molar refractivity (Wildman–Crippen MR) is 124 cm³/mol. The highest BCUT2D eigenvalue weighted by Gasteiger charge is 2.16. The number of benzene rings is 1. The molecule has 30 heavy (non-hydrogen) atoms. The van der Waals surface area contributed by atoms with Crippen LogP contribution in [0, 0.1) is 41.5 Å². The lowest BCUT2D eigenvalue weighted by Crippen LogP contribution is -2.09. The van der Waals surface area contributed by atoms with E-state index in [2.05, 4.69) is 47.6 Å². The molecule has 8 heteroatoms. The van der Waals surface area contributed by atoms with Crippen LogP contribution in [0.4, 0.5) is 0 Å². The summed E-state index contributed by atoms with van der Waals surface area (Å²) in [5.41, 5.74) is 8.74. The molecule has 0 bridgehead atoms. The molecule has 2 aromatic heterocycles. The van der Waals surface area contributed by atoms with Crippen molar-refractivity contribution in [3.63, 3.8) is 0 Å². The minimum atomic E-state index is -0.124. The van der Waals surface area contributed by atoms with E-state index in [1.54, 1.807) is 23.5 Å². The second kappa shape index (κ2) is 9.22. The van der Waals surface area contributed by atoms with Gasteiger partial charge in [0.25, 0.3) is 11.1 Å². The Kier molecular flexibility index (Phi) is 6.88. The van der Waals surface area contributed by atoms with Crippen molar-refractivity contribution in [1.82, 2.24) is 19.9 Å². The van der Waals surface area contributed by atoms with Crippen molar-refractivity contribution in [2.45, 2.75) is 63.4 Å². The fraction of sp³-hybridized carbons (Fsp3) is 0.364. The van der Waals surface area contributed by atoms with Crippen LogP contribution in [-0.2, 0) is 11.5 Å². The van der Waals surface area contributed by atoms with Crippen LogP contribution in [0.15, 0.2) is 32.0 Å². The largest absolute Gasteiger partial charge is 0.301 e. The molecule has 3 aromatic rings. The maximum atomic E-state index is 11.7. The Morgan fingerprint density at radius 3 is 1.30 bits per heavy atom. The van der Waals surface area contributed by atoms with Gasteiger partial charge >= 0.3 is 0 Å². The molecule has 2 N–H and O–H groups in total. The van der Waals surface area contributed by atoms with Crippen molar-refractivity contribution in [1.29, 1.82) is 0 Å². The SMILES string of the molecule is Cc1cc(=O)[nH]c(SCc2c(C)c(C)c(CSc3nc(C)cc(=O)[nH]3)c(C)c2C)n1. The van der Waals surface area contributed by atoms with Crippen LogP contribution in [0.25, 0.3) is 0 Å². The maximum absolute atomic E-state index is 11.7. The number of hydrogen-bond acceptors (Lipinski definition) is 6. The average Bonchev–Trinajstić information content (AvgIpc) is 2.65. The lowest BCUT2D eigenvalue weighted by molar-refractivity contribution is 0.903. The van der Waals surface area contributed by atoms with Crippen LogP contribution < -0.4 is 11.1 Å². The highest BCUT2D eigenvalue weighted by atomic mass is 32.2. The van der Waals surface area contributed by atoms with E-state index in [1.807, 2.05) is 13.8 Å². The van der Waals surface area contributed by atoms with E-state index in [0.29, 0.717) is 10.3 Å². The van der Waals surface area contributed by atoms with Crippen molar-refractivity contribution in [2.24, 2.45) is 0 Å². The lowest BCUT2D eigenvalue weighted by atomic mass is 9.90. The van der Waals surface area contributed by atoms with Gasteiger partial charge in [-0.15, -0.1) is 0 Å². The molecule has 0 aliphatic carbocycles. The summed E-state index contributed by atoms with van der Waals surface area (Å²) in [6, 6.07) is 3.00. The van der Waals surface area contributed by atoms with E-state index in [9.17, 15) is 9.59 Å². The number of rotatable bonds is 6. The van der Waals surface area contributed by atoms with Crippen molar-refractivity contribution in [2.75, 3.05) is 0 Å². The zero-order chi connectivity index (χ0) is 22.0. The molecule has 3 rings (SSSR count). The average molecular weight is 443 g/mol. The lowest BCUT2D eigenvalue weighted by Gasteiger charge is -2.20. The van der Waals surface area contributed by atoms with E-state index in [0.717, 1.165) is 22.9 Å². The van der Waals surface area contributed by atoms with Crippen LogP contribution in [0.5, 0.6) is 0 Å². The fourth-order valence-corrected chi connectivity index (χ4v) is 5.61. The Balaban J connectivity index is 1.85. The highest BCUT2D eigenvalue weighted by molar-refractivity contribution is 7.98. The monoisotopic (exact) mass is 442 g/mol. The van der Waals surface area contributed by atoms with Gasteiger partial charge in [0.15, 0.2) is 10.3 Å². The minimum Gasteiger partial charge on any atom is -0.301 e. The van der Waals surface area contributed by atoms with Crippen LogP contribution in [0.1, 0.15) is 44.8 Å². The molecule has 2 heterocycles. The Bertz CT molecular complexity index is 1090. The molecular formula is C22H26N4O2S2. The predicted octanol–water partition coefficient (Wildman–Crippen LogP) is 4.29. The smallest absolute Gasteiger partial charge is 0.251 e. The van der Waals surface area contributed by atoms with Crippen LogP contribution in [0.2, 0.25) is 0 Å². The Morgan fingerprint density at radius 1 is 0.667 bits per heavy atom. The molecular weight excluding hydrogens is 416 g/mol. The summed E-state index contributed by atoms with van der Waals surface area (Å²) >= 11 is 3.09. The fourth-order valence-electron chi connectivity index (χ4n) is 3.42. The number of aromatic amines is 2. The number of nitrogens with one attached hydrogen (secondary N) is 2. The van der Waals surface area contributed by atoms with Gasteiger partial charge in [-0.25, -0.2) is 9.97 Å². The molecule has 0 spiro atoms. The van der Waals surface area contributed by atoms with Crippen molar-refractivity contribution < 1.29 is 0 Å². The highest BCUT2D eigenvalue weighted by Crippen LogP contribution is 2.33. The third kappa shape index (κ3) is 5.05. The van der Waals surface area contributed by atoms with Crippen LogP contribution in [0.3, 0.4) is 0 Å². The number of H-pyrrole nitrogens is 2. The Labute approximate surface area is 184 Å². The van der Waals surface area contributed by atoms with Crippen LogP contribution in [-0.4, -0.2) is 19.9 Å². The summed E-state index contributed by atoms with van der Waals surface area (Å²) in [7, 11) is 0. The van der Waals surface area contributed by atoms with Gasteiger partial charge in [-0.1, -0.05) is 23.5 Å². The molecule has 0 fully saturated rings. The summed E-state index contributed by atoms with van der Waals surface area (Å²) in [6.07, 6.45) is 0. The quantitative estimate of drug-likeness (QED) is 0.437. The summed E-state index contributed by atoms with van der Waals surface area (Å²) in [6.45, 7) is 12.2. The van der Waals surface area contributed by atoms with Crippen molar-refractivity contribution in [3.8, 4) is 0 Å². The topological polar surface area (TPSA) is 91.5 Å². The number of nitrogens with zero attached hydrogens (tertiary/aromatic N) is 2. The second-order valence-corrected chi connectivity index (χ2v) is 9.35. The first-order valence-electron chi connectivity index (χ1n) is 9.65. The minimum absolute atomic E-state index is 0.124. The number of aromatic nitrogens is 4. The van der Waals surface area contributed by atoms with Gasteiger partial charge in [0, 0.05) is 35.0 Å². The van der Waals surface area contributed by atoms with Gasteiger partial charge in [-0.3, -0.25) is 9.59 Å². The molecule has 0 aliphatic rings. The molecule has 0 saturated carbocycles. The first-order valence-corrected chi connectivity index (χ1v) is 11.6. The van der Waals surface area contributed by atoms with Gasteiger partial charge in [0.2, 0.25) is 0 Å². The Hall–Kier alpha value is -2.32. The third-order valence-corrected chi connectivity index (χ3v) is 7.14. The van der Waals surface area contributed by atoms with E-state index >= 15 is 0 Å². The molecule has 0 aliphatic heterocycles. The number of aryl methyl sites for hydroxylation is 2. The van der Waals surface area contributed by atoms with E-state index in [1.165, 1.54) is 45.5 Å². The summed E-state index contributed by atoms with van der Waals surface area (Å²) in [4.78, 5) is 37.8. The first-order chi connectivity index (χ1) is 14.2. The molecule has 0 atom stereocenters. The summed E-state index contributed by atoms with van der Waals surface area (Å²) in [5, 5.41) is 1.28. The molecule has 0 amide bonds. The molecule has 0 unspecified atom stereocenters. The Morgan fingerprint density at radius 2 is 1.00 bits per heavy atom. The third-order valence-electron chi connectivity index (χ3n) is 5.34. The van der Waals surface area contributed by atoms with Gasteiger partial charge < -0.3 is 9.97 Å². The summed E-state index contributed by atoms with van der Waals surface area (Å²) < 4.78 is 0.